The Morgan fingerprint density at radius 2 is 2.14 bits per heavy atom. The van der Waals surface area contributed by atoms with Crippen LogP contribution in [0.5, 0.6) is 0 Å². The van der Waals surface area contributed by atoms with Crippen LogP contribution in [0, 0.1) is 5.92 Å². The standard InChI is InChI=1S/C10H18N2OS/c1-7(10(11)14)12-9(13)6-8-4-2-3-5-8/h7-8H,2-6H2,1H3,(H2,11,14)(H,12,13). The van der Waals surface area contributed by atoms with Gasteiger partial charge < -0.3 is 11.1 Å². The molecule has 1 unspecified atom stereocenters. The summed E-state index contributed by atoms with van der Waals surface area (Å²) < 4.78 is 0. The lowest BCUT2D eigenvalue weighted by Crippen LogP contribution is -2.41. The summed E-state index contributed by atoms with van der Waals surface area (Å²) in [6.07, 6.45) is 5.54. The Bertz CT molecular complexity index is 224. The molecule has 0 heterocycles. The van der Waals surface area contributed by atoms with E-state index < -0.39 is 0 Å². The maximum atomic E-state index is 11.5. The van der Waals surface area contributed by atoms with Gasteiger partial charge in [0.2, 0.25) is 5.91 Å². The monoisotopic (exact) mass is 214 g/mol. The number of hydrogen-bond donors (Lipinski definition) is 2. The van der Waals surface area contributed by atoms with Crippen LogP contribution in [0.4, 0.5) is 0 Å². The van der Waals surface area contributed by atoms with Gasteiger partial charge in [-0.15, -0.1) is 0 Å². The predicted molar refractivity (Wildman–Crippen MR) is 61.0 cm³/mol. The van der Waals surface area contributed by atoms with Crippen molar-refractivity contribution >= 4 is 23.1 Å². The molecule has 1 atom stereocenters. The molecule has 1 saturated carbocycles. The first-order valence-corrected chi connectivity index (χ1v) is 5.59. The molecule has 1 amide bonds. The largest absolute Gasteiger partial charge is 0.392 e. The first kappa shape index (κ1) is 11.4. The number of carbonyl (C=O) groups excluding carboxylic acids is 1. The average molecular weight is 214 g/mol. The second-order valence-electron chi connectivity index (χ2n) is 4.05. The number of carbonyl (C=O) groups is 1. The van der Waals surface area contributed by atoms with E-state index in [2.05, 4.69) is 5.32 Å². The van der Waals surface area contributed by atoms with Crippen molar-refractivity contribution in [3.05, 3.63) is 0 Å². The molecule has 1 aliphatic carbocycles. The van der Waals surface area contributed by atoms with E-state index in [0.717, 1.165) is 0 Å². The van der Waals surface area contributed by atoms with Crippen LogP contribution in [-0.4, -0.2) is 16.9 Å². The van der Waals surface area contributed by atoms with E-state index in [1.54, 1.807) is 0 Å². The zero-order valence-electron chi connectivity index (χ0n) is 8.58. The Hall–Kier alpha value is -0.640. The highest BCUT2D eigenvalue weighted by atomic mass is 32.1. The van der Waals surface area contributed by atoms with Crippen molar-refractivity contribution in [2.24, 2.45) is 11.7 Å². The van der Waals surface area contributed by atoms with E-state index in [0.29, 0.717) is 17.3 Å². The summed E-state index contributed by atoms with van der Waals surface area (Å²) in [5.74, 6) is 0.658. The zero-order valence-corrected chi connectivity index (χ0v) is 9.40. The highest BCUT2D eigenvalue weighted by Crippen LogP contribution is 2.27. The predicted octanol–water partition coefficient (Wildman–Crippen LogP) is 1.36. The van der Waals surface area contributed by atoms with E-state index in [1.807, 2.05) is 6.92 Å². The van der Waals surface area contributed by atoms with Crippen molar-refractivity contribution in [3.63, 3.8) is 0 Å². The molecular weight excluding hydrogens is 196 g/mol. The molecule has 0 radical (unpaired) electrons. The molecule has 0 aromatic carbocycles. The minimum absolute atomic E-state index is 0.0807. The number of thiocarbonyl (C=S) groups is 1. The van der Waals surface area contributed by atoms with Gasteiger partial charge in [0.25, 0.3) is 0 Å². The van der Waals surface area contributed by atoms with Crippen LogP contribution >= 0.6 is 12.2 Å². The van der Waals surface area contributed by atoms with Gasteiger partial charge in [0.05, 0.1) is 11.0 Å². The van der Waals surface area contributed by atoms with Gasteiger partial charge in [0, 0.05) is 6.42 Å². The summed E-state index contributed by atoms with van der Waals surface area (Å²) in [5, 5.41) is 2.80. The Kier molecular flexibility index (Phi) is 4.32. The van der Waals surface area contributed by atoms with Gasteiger partial charge in [-0.2, -0.15) is 0 Å². The van der Waals surface area contributed by atoms with Crippen molar-refractivity contribution in [3.8, 4) is 0 Å². The van der Waals surface area contributed by atoms with E-state index in [1.165, 1.54) is 25.7 Å². The Labute approximate surface area is 90.4 Å². The van der Waals surface area contributed by atoms with Crippen molar-refractivity contribution < 1.29 is 4.79 Å². The number of nitrogens with one attached hydrogen (secondary N) is 1. The van der Waals surface area contributed by atoms with Crippen LogP contribution in [0.1, 0.15) is 39.0 Å². The first-order chi connectivity index (χ1) is 6.59. The lowest BCUT2D eigenvalue weighted by atomic mass is 10.0. The minimum Gasteiger partial charge on any atom is -0.392 e. The Balaban J connectivity index is 2.24. The third-order valence-corrected chi connectivity index (χ3v) is 3.11. The van der Waals surface area contributed by atoms with Gasteiger partial charge in [-0.05, 0) is 25.7 Å². The Morgan fingerprint density at radius 3 is 2.64 bits per heavy atom. The molecule has 0 saturated heterocycles. The van der Waals surface area contributed by atoms with E-state index in [9.17, 15) is 4.79 Å². The van der Waals surface area contributed by atoms with Gasteiger partial charge in [-0.25, -0.2) is 0 Å². The summed E-state index contributed by atoms with van der Waals surface area (Å²) >= 11 is 4.78. The molecule has 0 aromatic heterocycles. The second kappa shape index (κ2) is 5.29. The minimum atomic E-state index is -0.182. The summed E-state index contributed by atoms with van der Waals surface area (Å²) in [6.45, 7) is 1.81. The SMILES string of the molecule is CC(NC(=O)CC1CCCC1)C(N)=S. The normalized spacial score (nSPS) is 19.2. The summed E-state index contributed by atoms with van der Waals surface area (Å²) in [6, 6.07) is -0.182. The summed E-state index contributed by atoms with van der Waals surface area (Å²) in [5.41, 5.74) is 5.41. The smallest absolute Gasteiger partial charge is 0.220 e. The fraction of sp³-hybridized carbons (Fsp3) is 0.800. The Morgan fingerprint density at radius 1 is 1.57 bits per heavy atom. The molecular formula is C10H18N2OS. The van der Waals surface area contributed by atoms with Gasteiger partial charge in [0.1, 0.15) is 0 Å². The second-order valence-corrected chi connectivity index (χ2v) is 4.52. The number of amides is 1. The highest BCUT2D eigenvalue weighted by Gasteiger charge is 2.19. The quantitative estimate of drug-likeness (QED) is 0.695. The molecule has 0 spiro atoms. The fourth-order valence-corrected chi connectivity index (χ4v) is 1.91. The maximum Gasteiger partial charge on any atom is 0.220 e. The van der Waals surface area contributed by atoms with Gasteiger partial charge in [-0.3, -0.25) is 4.79 Å². The lowest BCUT2D eigenvalue weighted by molar-refractivity contribution is -0.122. The van der Waals surface area contributed by atoms with Crippen LogP contribution in [0.25, 0.3) is 0 Å². The molecule has 1 aliphatic rings. The average Bonchev–Trinajstić information content (AvgIpc) is 2.56. The molecule has 0 aliphatic heterocycles. The first-order valence-electron chi connectivity index (χ1n) is 5.18. The topological polar surface area (TPSA) is 55.1 Å². The molecule has 3 nitrogen and oxygen atoms in total. The molecule has 0 bridgehead atoms. The van der Waals surface area contributed by atoms with E-state index in [4.69, 9.17) is 18.0 Å². The van der Waals surface area contributed by atoms with Gasteiger partial charge in [0.15, 0.2) is 0 Å². The molecule has 0 aromatic rings. The summed E-state index contributed by atoms with van der Waals surface area (Å²) in [7, 11) is 0. The van der Waals surface area contributed by atoms with Crippen LogP contribution in [-0.2, 0) is 4.79 Å². The molecule has 4 heteroatoms. The van der Waals surface area contributed by atoms with Gasteiger partial charge >= 0.3 is 0 Å². The maximum absolute atomic E-state index is 11.5. The van der Waals surface area contributed by atoms with Crippen molar-refractivity contribution in [1.29, 1.82) is 0 Å². The number of rotatable bonds is 4. The van der Waals surface area contributed by atoms with E-state index >= 15 is 0 Å². The van der Waals surface area contributed by atoms with Crippen LogP contribution in [0.15, 0.2) is 0 Å². The van der Waals surface area contributed by atoms with Crippen LogP contribution in [0.2, 0.25) is 0 Å². The third-order valence-electron chi connectivity index (χ3n) is 2.75. The highest BCUT2D eigenvalue weighted by molar-refractivity contribution is 7.80. The van der Waals surface area contributed by atoms with Crippen LogP contribution in [0.3, 0.4) is 0 Å². The van der Waals surface area contributed by atoms with Gasteiger partial charge in [-0.1, -0.05) is 25.1 Å². The molecule has 14 heavy (non-hydrogen) atoms. The lowest BCUT2D eigenvalue weighted by Gasteiger charge is -2.14. The third kappa shape index (κ3) is 3.62. The zero-order chi connectivity index (χ0) is 10.6. The van der Waals surface area contributed by atoms with Crippen LogP contribution < -0.4 is 11.1 Å². The molecule has 1 fully saturated rings. The summed E-state index contributed by atoms with van der Waals surface area (Å²) in [4.78, 5) is 11.8. The van der Waals surface area contributed by atoms with E-state index in [-0.39, 0.29) is 11.9 Å². The van der Waals surface area contributed by atoms with Crippen molar-refractivity contribution in [1.82, 2.24) is 5.32 Å². The molecule has 1 rings (SSSR count). The fourth-order valence-electron chi connectivity index (χ4n) is 1.85. The number of nitrogens with two attached hydrogens (primary N) is 1. The molecule has 3 N–H and O–H groups in total. The number of hydrogen-bond acceptors (Lipinski definition) is 2. The van der Waals surface area contributed by atoms with Crippen molar-refractivity contribution in [2.75, 3.05) is 0 Å². The van der Waals surface area contributed by atoms with Crippen molar-refractivity contribution in [2.45, 2.75) is 45.1 Å². The molecule has 80 valence electrons.